The molecular weight excluding hydrogens is 236 g/mol. The second-order valence-corrected chi connectivity index (χ2v) is 5.11. The number of anilines is 2. The molecule has 94 valence electrons. The standard InChI is InChI=1S/C12H19ClN4/c1-3-12(5-4-6-12)8-16-10-9(13)7-15-11(14-2)17-10/h7H,3-6,8H2,1-2H3,(H2,14,15,16,17). The van der Waals surface area contributed by atoms with Crippen LogP contribution in [0.1, 0.15) is 32.6 Å². The molecule has 0 atom stereocenters. The van der Waals surface area contributed by atoms with Gasteiger partial charge in [-0.1, -0.05) is 24.9 Å². The Balaban J connectivity index is 2.02. The first-order valence-corrected chi connectivity index (χ1v) is 6.51. The third kappa shape index (κ3) is 2.63. The lowest BCUT2D eigenvalue weighted by Crippen LogP contribution is -2.36. The van der Waals surface area contributed by atoms with Crippen molar-refractivity contribution in [1.29, 1.82) is 0 Å². The summed E-state index contributed by atoms with van der Waals surface area (Å²) >= 11 is 6.07. The van der Waals surface area contributed by atoms with E-state index < -0.39 is 0 Å². The van der Waals surface area contributed by atoms with Crippen molar-refractivity contribution >= 4 is 23.4 Å². The van der Waals surface area contributed by atoms with E-state index in [1.165, 1.54) is 25.7 Å². The molecule has 0 aliphatic heterocycles. The van der Waals surface area contributed by atoms with Crippen molar-refractivity contribution in [2.45, 2.75) is 32.6 Å². The second-order valence-electron chi connectivity index (χ2n) is 4.70. The minimum Gasteiger partial charge on any atom is -0.368 e. The summed E-state index contributed by atoms with van der Waals surface area (Å²) in [5, 5.41) is 6.85. The first kappa shape index (κ1) is 12.4. The largest absolute Gasteiger partial charge is 0.368 e. The maximum atomic E-state index is 6.07. The molecule has 1 saturated carbocycles. The Bertz CT molecular complexity index is 385. The molecule has 2 rings (SSSR count). The SMILES string of the molecule is CCC1(CNc2nc(NC)ncc2Cl)CCC1. The van der Waals surface area contributed by atoms with Gasteiger partial charge in [-0.05, 0) is 24.7 Å². The van der Waals surface area contributed by atoms with E-state index in [0.717, 1.165) is 12.4 Å². The fourth-order valence-electron chi connectivity index (χ4n) is 2.21. The Labute approximate surface area is 107 Å². The maximum Gasteiger partial charge on any atom is 0.224 e. The molecule has 2 N–H and O–H groups in total. The average Bonchev–Trinajstić information content (AvgIpc) is 2.30. The van der Waals surface area contributed by atoms with Gasteiger partial charge in [-0.3, -0.25) is 0 Å². The zero-order valence-electron chi connectivity index (χ0n) is 10.4. The van der Waals surface area contributed by atoms with Gasteiger partial charge in [-0.15, -0.1) is 0 Å². The summed E-state index contributed by atoms with van der Waals surface area (Å²) in [4.78, 5) is 8.38. The van der Waals surface area contributed by atoms with Crippen LogP contribution < -0.4 is 10.6 Å². The van der Waals surface area contributed by atoms with Crippen molar-refractivity contribution in [3.63, 3.8) is 0 Å². The Morgan fingerprint density at radius 2 is 2.24 bits per heavy atom. The monoisotopic (exact) mass is 254 g/mol. The topological polar surface area (TPSA) is 49.8 Å². The van der Waals surface area contributed by atoms with E-state index in [-0.39, 0.29) is 0 Å². The van der Waals surface area contributed by atoms with E-state index in [0.29, 0.717) is 16.4 Å². The summed E-state index contributed by atoms with van der Waals surface area (Å²) < 4.78 is 0. The number of hydrogen-bond donors (Lipinski definition) is 2. The van der Waals surface area contributed by atoms with Gasteiger partial charge in [0, 0.05) is 13.6 Å². The Morgan fingerprint density at radius 3 is 2.76 bits per heavy atom. The molecule has 1 heterocycles. The predicted molar refractivity (Wildman–Crippen MR) is 71.7 cm³/mol. The molecule has 0 amide bonds. The van der Waals surface area contributed by atoms with Crippen LogP contribution in [-0.2, 0) is 0 Å². The summed E-state index contributed by atoms with van der Waals surface area (Å²) in [6, 6.07) is 0. The number of hydrogen-bond acceptors (Lipinski definition) is 4. The molecule has 1 aliphatic carbocycles. The number of rotatable bonds is 5. The first-order valence-electron chi connectivity index (χ1n) is 6.13. The van der Waals surface area contributed by atoms with Crippen molar-refractivity contribution in [2.24, 2.45) is 5.41 Å². The molecule has 1 aromatic heterocycles. The first-order chi connectivity index (χ1) is 8.19. The fraction of sp³-hybridized carbons (Fsp3) is 0.667. The quantitative estimate of drug-likeness (QED) is 0.848. The molecule has 1 aliphatic rings. The van der Waals surface area contributed by atoms with Crippen LogP contribution in [0.15, 0.2) is 6.20 Å². The Hall–Kier alpha value is -1.03. The highest BCUT2D eigenvalue weighted by Gasteiger charge is 2.34. The van der Waals surface area contributed by atoms with Crippen LogP contribution in [0.5, 0.6) is 0 Å². The third-order valence-electron chi connectivity index (χ3n) is 3.76. The highest BCUT2D eigenvalue weighted by molar-refractivity contribution is 6.32. The average molecular weight is 255 g/mol. The molecule has 0 saturated heterocycles. The van der Waals surface area contributed by atoms with Crippen LogP contribution >= 0.6 is 11.6 Å². The van der Waals surface area contributed by atoms with Gasteiger partial charge in [0.05, 0.1) is 6.20 Å². The van der Waals surface area contributed by atoms with Crippen LogP contribution in [0.3, 0.4) is 0 Å². The van der Waals surface area contributed by atoms with Gasteiger partial charge in [-0.25, -0.2) is 4.98 Å². The van der Waals surface area contributed by atoms with Gasteiger partial charge in [0.2, 0.25) is 5.95 Å². The van der Waals surface area contributed by atoms with Gasteiger partial charge in [0.1, 0.15) is 5.02 Å². The zero-order chi connectivity index (χ0) is 12.3. The number of aromatic nitrogens is 2. The summed E-state index contributed by atoms with van der Waals surface area (Å²) in [6.07, 6.45) is 6.79. The fourth-order valence-corrected chi connectivity index (χ4v) is 2.37. The molecule has 4 nitrogen and oxygen atoms in total. The molecule has 1 aromatic rings. The maximum absolute atomic E-state index is 6.07. The normalized spacial score (nSPS) is 17.4. The minimum absolute atomic E-state index is 0.452. The van der Waals surface area contributed by atoms with Crippen LogP contribution in [0, 0.1) is 5.41 Å². The van der Waals surface area contributed by atoms with Crippen molar-refractivity contribution in [3.8, 4) is 0 Å². The zero-order valence-corrected chi connectivity index (χ0v) is 11.1. The summed E-state index contributed by atoms with van der Waals surface area (Å²) in [5.74, 6) is 1.32. The lowest BCUT2D eigenvalue weighted by Gasteiger charge is -2.41. The lowest BCUT2D eigenvalue weighted by atomic mass is 9.67. The molecule has 0 unspecified atom stereocenters. The second kappa shape index (κ2) is 5.08. The van der Waals surface area contributed by atoms with Crippen molar-refractivity contribution in [3.05, 3.63) is 11.2 Å². The molecule has 5 heteroatoms. The highest BCUT2D eigenvalue weighted by atomic mass is 35.5. The van der Waals surface area contributed by atoms with Gasteiger partial charge >= 0.3 is 0 Å². The number of halogens is 1. The van der Waals surface area contributed by atoms with E-state index in [2.05, 4.69) is 27.5 Å². The molecule has 0 aromatic carbocycles. The number of nitrogens with one attached hydrogen (secondary N) is 2. The number of nitrogens with zero attached hydrogens (tertiary/aromatic N) is 2. The van der Waals surface area contributed by atoms with Gasteiger partial charge in [-0.2, -0.15) is 4.98 Å². The molecule has 0 spiro atoms. The van der Waals surface area contributed by atoms with Crippen LogP contribution in [0.2, 0.25) is 5.02 Å². The molecule has 17 heavy (non-hydrogen) atoms. The van der Waals surface area contributed by atoms with Gasteiger partial charge in [0.15, 0.2) is 5.82 Å². The van der Waals surface area contributed by atoms with E-state index in [1.807, 2.05) is 0 Å². The van der Waals surface area contributed by atoms with E-state index in [1.54, 1.807) is 13.2 Å². The van der Waals surface area contributed by atoms with Crippen molar-refractivity contribution in [1.82, 2.24) is 9.97 Å². The highest BCUT2D eigenvalue weighted by Crippen LogP contribution is 2.43. The smallest absolute Gasteiger partial charge is 0.224 e. The molecule has 0 bridgehead atoms. The van der Waals surface area contributed by atoms with Crippen molar-refractivity contribution in [2.75, 3.05) is 24.2 Å². The van der Waals surface area contributed by atoms with E-state index >= 15 is 0 Å². The lowest BCUT2D eigenvalue weighted by molar-refractivity contribution is 0.145. The molecular formula is C12H19ClN4. The summed E-state index contributed by atoms with van der Waals surface area (Å²) in [7, 11) is 1.80. The van der Waals surface area contributed by atoms with E-state index in [9.17, 15) is 0 Å². The Morgan fingerprint density at radius 1 is 1.47 bits per heavy atom. The van der Waals surface area contributed by atoms with Crippen LogP contribution in [-0.4, -0.2) is 23.6 Å². The van der Waals surface area contributed by atoms with Gasteiger partial charge < -0.3 is 10.6 Å². The predicted octanol–water partition coefficient (Wildman–Crippen LogP) is 3.16. The summed E-state index contributed by atoms with van der Waals surface area (Å²) in [6.45, 7) is 3.20. The van der Waals surface area contributed by atoms with E-state index in [4.69, 9.17) is 11.6 Å². The van der Waals surface area contributed by atoms with Crippen LogP contribution in [0.25, 0.3) is 0 Å². The van der Waals surface area contributed by atoms with Crippen LogP contribution in [0.4, 0.5) is 11.8 Å². The molecule has 1 fully saturated rings. The summed E-state index contributed by atoms with van der Waals surface area (Å²) in [5.41, 5.74) is 0.452. The Kier molecular flexibility index (Phi) is 3.72. The van der Waals surface area contributed by atoms with Crippen molar-refractivity contribution < 1.29 is 0 Å². The minimum atomic E-state index is 0.452. The third-order valence-corrected chi connectivity index (χ3v) is 4.04. The molecule has 0 radical (unpaired) electrons. The van der Waals surface area contributed by atoms with Gasteiger partial charge in [0.25, 0.3) is 0 Å².